The molecule has 2 N–H and O–H groups in total. The third-order valence-corrected chi connectivity index (χ3v) is 4.13. The number of aromatic amines is 1. The summed E-state index contributed by atoms with van der Waals surface area (Å²) in [4.78, 5) is 17.8. The Morgan fingerprint density at radius 3 is 2.68 bits per heavy atom. The first-order chi connectivity index (χ1) is 10.6. The number of nitrogens with one attached hydrogen (secondary N) is 2. The SMILES string of the molecule is COc1ccc(OC)c2[nH]c(C(=O)N[C@H]3CCN(C)C3)cc12. The second-order valence-corrected chi connectivity index (χ2v) is 5.66. The molecular formula is C16H21N3O3. The van der Waals surface area contributed by atoms with Crippen molar-refractivity contribution in [2.45, 2.75) is 12.5 Å². The predicted molar refractivity (Wildman–Crippen MR) is 84.8 cm³/mol. The molecule has 1 aliphatic heterocycles. The maximum atomic E-state index is 12.4. The third kappa shape index (κ3) is 2.62. The Morgan fingerprint density at radius 1 is 1.32 bits per heavy atom. The monoisotopic (exact) mass is 303 g/mol. The van der Waals surface area contributed by atoms with E-state index >= 15 is 0 Å². The number of likely N-dealkylation sites (tertiary alicyclic amines) is 1. The molecule has 118 valence electrons. The fraction of sp³-hybridized carbons (Fsp3) is 0.438. The second kappa shape index (κ2) is 5.88. The van der Waals surface area contributed by atoms with Crippen LogP contribution in [0, 0.1) is 0 Å². The van der Waals surface area contributed by atoms with Gasteiger partial charge in [-0.05, 0) is 38.2 Å². The number of rotatable bonds is 4. The van der Waals surface area contributed by atoms with Gasteiger partial charge in [0.1, 0.15) is 17.2 Å². The first-order valence-corrected chi connectivity index (χ1v) is 7.35. The summed E-state index contributed by atoms with van der Waals surface area (Å²) in [5.41, 5.74) is 1.29. The van der Waals surface area contributed by atoms with Gasteiger partial charge >= 0.3 is 0 Å². The average Bonchev–Trinajstić information content (AvgIpc) is 3.12. The molecule has 1 atom stereocenters. The van der Waals surface area contributed by atoms with Crippen LogP contribution in [0.1, 0.15) is 16.9 Å². The molecule has 6 heteroatoms. The summed E-state index contributed by atoms with van der Waals surface area (Å²) in [7, 11) is 5.28. The number of hydrogen-bond donors (Lipinski definition) is 2. The van der Waals surface area contributed by atoms with E-state index in [9.17, 15) is 4.79 Å². The zero-order chi connectivity index (χ0) is 15.7. The molecule has 0 saturated carbocycles. The number of aromatic nitrogens is 1. The number of fused-ring (bicyclic) bond motifs is 1. The molecule has 0 aliphatic carbocycles. The van der Waals surface area contributed by atoms with Crippen molar-refractivity contribution in [1.82, 2.24) is 15.2 Å². The molecule has 1 aromatic heterocycles. The van der Waals surface area contributed by atoms with Crippen molar-refractivity contribution in [3.05, 3.63) is 23.9 Å². The number of carbonyl (C=O) groups is 1. The molecule has 0 radical (unpaired) electrons. The molecule has 1 saturated heterocycles. The number of nitrogens with zero attached hydrogens (tertiary/aromatic N) is 1. The Balaban J connectivity index is 1.89. The number of H-pyrrole nitrogens is 1. The summed E-state index contributed by atoms with van der Waals surface area (Å²) in [6.45, 7) is 1.90. The molecule has 0 unspecified atom stereocenters. The lowest BCUT2D eigenvalue weighted by atomic mass is 10.2. The predicted octanol–water partition coefficient (Wildman–Crippen LogP) is 1.62. The van der Waals surface area contributed by atoms with Crippen molar-refractivity contribution in [2.75, 3.05) is 34.4 Å². The lowest BCUT2D eigenvalue weighted by Gasteiger charge is -2.11. The van der Waals surface area contributed by atoms with Crippen molar-refractivity contribution >= 4 is 16.8 Å². The van der Waals surface area contributed by atoms with Crippen LogP contribution < -0.4 is 14.8 Å². The van der Waals surface area contributed by atoms with Crippen LogP contribution in [0.4, 0.5) is 0 Å². The fourth-order valence-electron chi connectivity index (χ4n) is 2.95. The second-order valence-electron chi connectivity index (χ2n) is 5.66. The van der Waals surface area contributed by atoms with E-state index in [2.05, 4.69) is 22.2 Å². The minimum atomic E-state index is -0.0967. The lowest BCUT2D eigenvalue weighted by Crippen LogP contribution is -2.36. The van der Waals surface area contributed by atoms with E-state index in [4.69, 9.17) is 9.47 Å². The number of ether oxygens (including phenoxy) is 2. The van der Waals surface area contributed by atoms with Crippen LogP contribution >= 0.6 is 0 Å². The Bertz CT molecular complexity index is 654. The van der Waals surface area contributed by atoms with Crippen LogP contribution in [0.5, 0.6) is 11.5 Å². The number of carbonyl (C=O) groups excluding carboxylic acids is 1. The van der Waals surface area contributed by atoms with Gasteiger partial charge in [-0.2, -0.15) is 0 Å². The number of benzene rings is 1. The number of amides is 1. The molecule has 2 heterocycles. The van der Waals surface area contributed by atoms with Crippen molar-refractivity contribution in [3.8, 4) is 11.5 Å². The minimum absolute atomic E-state index is 0.0967. The largest absolute Gasteiger partial charge is 0.496 e. The molecule has 1 fully saturated rings. The maximum absolute atomic E-state index is 12.4. The summed E-state index contributed by atoms with van der Waals surface area (Å²) >= 11 is 0. The van der Waals surface area contributed by atoms with Gasteiger partial charge < -0.3 is 24.7 Å². The van der Waals surface area contributed by atoms with Crippen LogP contribution in [-0.4, -0.2) is 56.2 Å². The van der Waals surface area contributed by atoms with E-state index in [1.807, 2.05) is 18.2 Å². The molecule has 0 bridgehead atoms. The van der Waals surface area contributed by atoms with Gasteiger partial charge in [0.05, 0.1) is 19.7 Å². The molecule has 3 rings (SSSR count). The Kier molecular flexibility index (Phi) is 3.94. The Hall–Kier alpha value is -2.21. The van der Waals surface area contributed by atoms with Gasteiger partial charge in [0.2, 0.25) is 0 Å². The highest BCUT2D eigenvalue weighted by Gasteiger charge is 2.23. The highest BCUT2D eigenvalue weighted by Crippen LogP contribution is 2.33. The van der Waals surface area contributed by atoms with Crippen LogP contribution in [0.3, 0.4) is 0 Å². The zero-order valence-corrected chi connectivity index (χ0v) is 13.1. The first-order valence-electron chi connectivity index (χ1n) is 7.35. The van der Waals surface area contributed by atoms with Crippen molar-refractivity contribution in [1.29, 1.82) is 0 Å². The van der Waals surface area contributed by atoms with Gasteiger partial charge in [-0.25, -0.2) is 0 Å². The van der Waals surface area contributed by atoms with E-state index < -0.39 is 0 Å². The normalized spacial score (nSPS) is 18.6. The van der Waals surface area contributed by atoms with Gasteiger partial charge in [-0.15, -0.1) is 0 Å². The van der Waals surface area contributed by atoms with Crippen LogP contribution in [-0.2, 0) is 0 Å². The van der Waals surface area contributed by atoms with E-state index in [0.29, 0.717) is 17.2 Å². The van der Waals surface area contributed by atoms with Crippen molar-refractivity contribution in [2.24, 2.45) is 0 Å². The molecule has 2 aromatic rings. The number of hydrogen-bond acceptors (Lipinski definition) is 4. The van der Waals surface area contributed by atoms with Crippen LogP contribution in [0.2, 0.25) is 0 Å². The number of likely N-dealkylation sites (N-methyl/N-ethyl adjacent to an activating group) is 1. The number of methoxy groups -OCH3 is 2. The molecule has 1 amide bonds. The van der Waals surface area contributed by atoms with E-state index in [1.165, 1.54) is 0 Å². The van der Waals surface area contributed by atoms with Gasteiger partial charge in [0, 0.05) is 18.0 Å². The molecular weight excluding hydrogens is 282 g/mol. The van der Waals surface area contributed by atoms with E-state index in [1.54, 1.807) is 14.2 Å². The summed E-state index contributed by atoms with van der Waals surface area (Å²) in [5, 5.41) is 3.91. The highest BCUT2D eigenvalue weighted by molar-refractivity contribution is 6.01. The maximum Gasteiger partial charge on any atom is 0.267 e. The van der Waals surface area contributed by atoms with Gasteiger partial charge in [0.15, 0.2) is 0 Å². The first kappa shape index (κ1) is 14.7. The van der Waals surface area contributed by atoms with Crippen molar-refractivity contribution < 1.29 is 14.3 Å². The standard InChI is InChI=1S/C16H21N3O3/c1-19-7-6-10(9-19)17-16(20)12-8-11-13(21-2)4-5-14(22-3)15(11)18-12/h4-5,8,10,18H,6-7,9H2,1-3H3,(H,17,20)/t10-/m0/s1. The average molecular weight is 303 g/mol. The molecule has 0 spiro atoms. The third-order valence-electron chi connectivity index (χ3n) is 4.13. The molecule has 6 nitrogen and oxygen atoms in total. The zero-order valence-electron chi connectivity index (χ0n) is 13.1. The van der Waals surface area contributed by atoms with Gasteiger partial charge in [-0.1, -0.05) is 0 Å². The summed E-state index contributed by atoms with van der Waals surface area (Å²) in [6.07, 6.45) is 0.981. The molecule has 1 aromatic carbocycles. The molecule has 22 heavy (non-hydrogen) atoms. The topological polar surface area (TPSA) is 66.6 Å². The fourth-order valence-corrected chi connectivity index (χ4v) is 2.95. The van der Waals surface area contributed by atoms with Crippen molar-refractivity contribution in [3.63, 3.8) is 0 Å². The summed E-state index contributed by atoms with van der Waals surface area (Å²) in [6, 6.07) is 5.67. The van der Waals surface area contributed by atoms with E-state index in [0.717, 1.165) is 30.4 Å². The quantitative estimate of drug-likeness (QED) is 0.901. The molecule has 1 aliphatic rings. The smallest absolute Gasteiger partial charge is 0.267 e. The highest BCUT2D eigenvalue weighted by atomic mass is 16.5. The van der Waals surface area contributed by atoms with E-state index in [-0.39, 0.29) is 11.9 Å². The Labute approximate surface area is 129 Å². The van der Waals surface area contributed by atoms with Gasteiger partial charge in [-0.3, -0.25) is 4.79 Å². The summed E-state index contributed by atoms with van der Waals surface area (Å²) < 4.78 is 10.7. The summed E-state index contributed by atoms with van der Waals surface area (Å²) in [5.74, 6) is 1.31. The Morgan fingerprint density at radius 2 is 2.05 bits per heavy atom. The lowest BCUT2D eigenvalue weighted by molar-refractivity contribution is 0.0934. The minimum Gasteiger partial charge on any atom is -0.496 e. The van der Waals surface area contributed by atoms with Crippen LogP contribution in [0.15, 0.2) is 18.2 Å². The van der Waals surface area contributed by atoms with Crippen LogP contribution in [0.25, 0.3) is 10.9 Å². The van der Waals surface area contributed by atoms with Gasteiger partial charge in [0.25, 0.3) is 5.91 Å².